The first kappa shape index (κ1) is 16.0. The summed E-state index contributed by atoms with van der Waals surface area (Å²) in [5.74, 6) is -0.147. The summed E-state index contributed by atoms with van der Waals surface area (Å²) < 4.78 is 1.37. The number of pyridine rings is 1. The summed E-state index contributed by atoms with van der Waals surface area (Å²) in [7, 11) is 1.61. The van der Waals surface area contributed by atoms with E-state index in [-0.39, 0.29) is 22.5 Å². The van der Waals surface area contributed by atoms with E-state index in [0.29, 0.717) is 16.3 Å². The Labute approximate surface area is 153 Å². The number of H-pyrrole nitrogens is 1. The molecule has 1 amide bonds. The predicted molar refractivity (Wildman–Crippen MR) is 97.6 cm³/mol. The first-order valence-corrected chi connectivity index (χ1v) is 8.35. The summed E-state index contributed by atoms with van der Waals surface area (Å²) in [5, 5.41) is 0.690. The molecule has 3 heterocycles. The number of hydrogen-bond acceptors (Lipinski definition) is 2. The van der Waals surface area contributed by atoms with Gasteiger partial charge in [0.05, 0.1) is 16.9 Å². The summed E-state index contributed by atoms with van der Waals surface area (Å²) in [5.41, 5.74) is 2.56. The van der Waals surface area contributed by atoms with Gasteiger partial charge < -0.3 is 9.55 Å². The maximum absolute atomic E-state index is 13.0. The van der Waals surface area contributed by atoms with Crippen molar-refractivity contribution < 1.29 is 4.79 Å². The normalized spacial score (nSPS) is 16.4. The molecule has 7 heteroatoms. The van der Waals surface area contributed by atoms with E-state index in [2.05, 4.69) is 4.98 Å². The quantitative estimate of drug-likeness (QED) is 0.743. The molecule has 0 fully saturated rings. The van der Waals surface area contributed by atoms with Gasteiger partial charge in [-0.15, -0.1) is 0 Å². The molecule has 5 nitrogen and oxygen atoms in total. The summed E-state index contributed by atoms with van der Waals surface area (Å²) in [6.07, 6.45) is 3.36. The average Bonchev–Trinajstić information content (AvgIpc) is 3.15. The van der Waals surface area contributed by atoms with Crippen molar-refractivity contribution in [2.24, 2.45) is 7.05 Å². The highest BCUT2D eigenvalue weighted by molar-refractivity contribution is 6.31. The van der Waals surface area contributed by atoms with E-state index >= 15 is 0 Å². The number of anilines is 1. The molecular weight excluding hydrogens is 361 g/mol. The van der Waals surface area contributed by atoms with E-state index in [1.54, 1.807) is 42.5 Å². The van der Waals surface area contributed by atoms with E-state index in [9.17, 15) is 9.59 Å². The van der Waals surface area contributed by atoms with Crippen LogP contribution in [-0.2, 0) is 7.05 Å². The molecule has 25 heavy (non-hydrogen) atoms. The molecule has 1 aliphatic rings. The minimum atomic E-state index is -0.344. The van der Waals surface area contributed by atoms with Crippen molar-refractivity contribution in [2.75, 3.05) is 4.90 Å². The minimum Gasteiger partial charge on any atom is -0.362 e. The van der Waals surface area contributed by atoms with Crippen LogP contribution in [0.15, 0.2) is 53.6 Å². The summed E-state index contributed by atoms with van der Waals surface area (Å²) in [6, 6.07) is 10.3. The van der Waals surface area contributed by atoms with Gasteiger partial charge >= 0.3 is 0 Å². The topological polar surface area (TPSA) is 58.1 Å². The highest BCUT2D eigenvalue weighted by Crippen LogP contribution is 2.41. The van der Waals surface area contributed by atoms with Gasteiger partial charge in [0.2, 0.25) is 0 Å². The molecule has 1 unspecified atom stereocenters. The van der Waals surface area contributed by atoms with E-state index in [1.807, 2.05) is 12.1 Å². The van der Waals surface area contributed by atoms with Crippen molar-refractivity contribution in [3.05, 3.63) is 86.0 Å². The highest BCUT2D eigenvalue weighted by atomic mass is 35.5. The van der Waals surface area contributed by atoms with Crippen LogP contribution in [0.2, 0.25) is 10.0 Å². The fourth-order valence-corrected chi connectivity index (χ4v) is 3.56. The van der Waals surface area contributed by atoms with Gasteiger partial charge in [0, 0.05) is 24.5 Å². The van der Waals surface area contributed by atoms with Gasteiger partial charge in [-0.1, -0.05) is 35.3 Å². The fourth-order valence-electron chi connectivity index (χ4n) is 3.18. The van der Waals surface area contributed by atoms with Gasteiger partial charge in [-0.2, -0.15) is 0 Å². The zero-order chi connectivity index (χ0) is 17.7. The first-order valence-electron chi connectivity index (χ1n) is 7.60. The van der Waals surface area contributed by atoms with Crippen LogP contribution >= 0.6 is 23.2 Å². The van der Waals surface area contributed by atoms with Gasteiger partial charge in [0.25, 0.3) is 11.5 Å². The van der Waals surface area contributed by atoms with Crippen LogP contribution in [-0.4, -0.2) is 15.5 Å². The Morgan fingerprint density at radius 3 is 2.48 bits per heavy atom. The molecule has 0 radical (unpaired) electrons. The maximum atomic E-state index is 13.0. The van der Waals surface area contributed by atoms with E-state index < -0.39 is 0 Å². The Morgan fingerprint density at radius 1 is 1.08 bits per heavy atom. The zero-order valence-corrected chi connectivity index (χ0v) is 14.7. The monoisotopic (exact) mass is 373 g/mol. The Balaban J connectivity index is 1.91. The van der Waals surface area contributed by atoms with Gasteiger partial charge in [0.1, 0.15) is 11.1 Å². The van der Waals surface area contributed by atoms with Crippen LogP contribution in [0.4, 0.5) is 5.69 Å². The lowest BCUT2D eigenvalue weighted by molar-refractivity contribution is 0.0993. The van der Waals surface area contributed by atoms with Crippen molar-refractivity contribution >= 4 is 34.8 Å². The lowest BCUT2D eigenvalue weighted by Gasteiger charge is -2.26. The molecule has 3 aromatic rings. The molecule has 1 N–H and O–H groups in total. The smallest absolute Gasteiger partial charge is 0.269 e. The maximum Gasteiger partial charge on any atom is 0.269 e. The highest BCUT2D eigenvalue weighted by Gasteiger charge is 2.40. The predicted octanol–water partition coefficient (Wildman–Crippen LogP) is 3.77. The average molecular weight is 374 g/mol. The number of aromatic amines is 1. The van der Waals surface area contributed by atoms with E-state index in [1.165, 1.54) is 10.6 Å². The molecule has 2 aromatic heterocycles. The number of carbonyl (C=O) groups is 1. The summed E-state index contributed by atoms with van der Waals surface area (Å²) in [6.45, 7) is 0. The molecule has 0 saturated heterocycles. The van der Waals surface area contributed by atoms with Crippen molar-refractivity contribution in [2.45, 2.75) is 6.04 Å². The second kappa shape index (κ2) is 5.79. The van der Waals surface area contributed by atoms with Gasteiger partial charge in [-0.3, -0.25) is 14.5 Å². The van der Waals surface area contributed by atoms with Crippen molar-refractivity contribution in [3.8, 4) is 0 Å². The SMILES string of the molecule is Cn1cc(N2C(=O)c3cc[nH]c3C2c2ccc(Cl)cc2)cc(Cl)c1=O. The lowest BCUT2D eigenvalue weighted by atomic mass is 10.0. The van der Waals surface area contributed by atoms with Crippen LogP contribution in [0.3, 0.4) is 0 Å². The van der Waals surface area contributed by atoms with Gasteiger partial charge in [-0.25, -0.2) is 0 Å². The third-order valence-corrected chi connectivity index (χ3v) is 4.87. The van der Waals surface area contributed by atoms with Gasteiger partial charge in [-0.05, 0) is 29.8 Å². The molecule has 1 aliphatic heterocycles. The molecular formula is C18H13Cl2N3O2. The molecule has 1 aromatic carbocycles. The molecule has 1 atom stereocenters. The number of aromatic nitrogens is 2. The number of hydrogen-bond donors (Lipinski definition) is 1. The van der Waals surface area contributed by atoms with E-state index in [4.69, 9.17) is 23.2 Å². The summed E-state index contributed by atoms with van der Waals surface area (Å²) in [4.78, 5) is 29.6. The lowest BCUT2D eigenvalue weighted by Crippen LogP contribution is -2.30. The Bertz CT molecular complexity index is 1010. The van der Waals surface area contributed by atoms with Gasteiger partial charge in [0.15, 0.2) is 0 Å². The fraction of sp³-hybridized carbons (Fsp3) is 0.111. The number of aryl methyl sites for hydroxylation is 1. The first-order chi connectivity index (χ1) is 12.0. The van der Waals surface area contributed by atoms with Crippen molar-refractivity contribution in [1.82, 2.24) is 9.55 Å². The number of benzene rings is 1. The molecule has 4 rings (SSSR count). The van der Waals surface area contributed by atoms with Crippen LogP contribution < -0.4 is 10.5 Å². The van der Waals surface area contributed by atoms with Crippen LogP contribution in [0, 0.1) is 0 Å². The molecule has 0 bridgehead atoms. The zero-order valence-electron chi connectivity index (χ0n) is 13.2. The third-order valence-electron chi connectivity index (χ3n) is 4.35. The number of rotatable bonds is 2. The number of carbonyl (C=O) groups excluding carboxylic acids is 1. The van der Waals surface area contributed by atoms with Crippen molar-refractivity contribution in [3.63, 3.8) is 0 Å². The van der Waals surface area contributed by atoms with E-state index in [0.717, 1.165) is 11.3 Å². The molecule has 0 aliphatic carbocycles. The Morgan fingerprint density at radius 2 is 1.80 bits per heavy atom. The van der Waals surface area contributed by atoms with Crippen LogP contribution in [0.25, 0.3) is 0 Å². The molecule has 126 valence electrons. The standard InChI is InChI=1S/C18H13Cl2N3O2/c1-22-9-12(8-14(20)18(22)25)23-16(10-2-4-11(19)5-3-10)15-13(17(23)24)6-7-21-15/h2-9,16,21H,1H3. The second-order valence-electron chi connectivity index (χ2n) is 5.90. The van der Waals surface area contributed by atoms with Crippen molar-refractivity contribution in [1.29, 1.82) is 0 Å². The molecule has 0 spiro atoms. The third kappa shape index (κ3) is 2.47. The number of nitrogens with zero attached hydrogens (tertiary/aromatic N) is 2. The summed E-state index contributed by atoms with van der Waals surface area (Å²) >= 11 is 12.0. The largest absolute Gasteiger partial charge is 0.362 e. The number of nitrogens with one attached hydrogen (secondary N) is 1. The van der Waals surface area contributed by atoms with Crippen LogP contribution in [0.1, 0.15) is 27.7 Å². The molecule has 0 saturated carbocycles. The Hall–Kier alpha value is -2.50. The number of amides is 1. The second-order valence-corrected chi connectivity index (χ2v) is 6.74. The Kier molecular flexibility index (Phi) is 3.71. The minimum absolute atomic E-state index is 0.0678. The number of halogens is 2. The van der Waals surface area contributed by atoms with Crippen LogP contribution in [0.5, 0.6) is 0 Å². The number of fused-ring (bicyclic) bond motifs is 1.